The Morgan fingerprint density at radius 2 is 1.92 bits per heavy atom. The number of hydrogen-bond donors (Lipinski definition) is 3. The summed E-state index contributed by atoms with van der Waals surface area (Å²) in [6, 6.07) is 10.1. The van der Waals surface area contributed by atoms with Crippen LogP contribution in [0.25, 0.3) is 0 Å². The Labute approximate surface area is 138 Å². The van der Waals surface area contributed by atoms with E-state index in [1.54, 1.807) is 42.6 Å². The molecule has 1 aromatic carbocycles. The maximum Gasteiger partial charge on any atom is 0.355 e. The number of amides is 2. The van der Waals surface area contributed by atoms with Crippen LogP contribution in [0.2, 0.25) is 0 Å². The van der Waals surface area contributed by atoms with E-state index in [4.69, 9.17) is 4.74 Å². The molecule has 0 saturated heterocycles. The maximum atomic E-state index is 12.2. The van der Waals surface area contributed by atoms with Crippen molar-refractivity contribution in [1.82, 2.24) is 10.3 Å². The van der Waals surface area contributed by atoms with Crippen LogP contribution in [0, 0.1) is 0 Å². The number of nitrogens with one attached hydrogen (secondary N) is 3. The topological polar surface area (TPSA) is 100 Å². The van der Waals surface area contributed by atoms with Crippen molar-refractivity contribution in [3.63, 3.8) is 0 Å². The minimum absolute atomic E-state index is 0.225. The third-order valence-corrected chi connectivity index (χ3v) is 3.51. The summed E-state index contributed by atoms with van der Waals surface area (Å²) in [6.07, 6.45) is 3.55. The predicted octanol–water partition coefficient (Wildman–Crippen LogP) is 1.70. The van der Waals surface area contributed by atoms with Crippen LogP contribution in [-0.4, -0.2) is 35.4 Å². The summed E-state index contributed by atoms with van der Waals surface area (Å²) in [7, 11) is 0. The third kappa shape index (κ3) is 4.01. The second-order valence-electron chi connectivity index (χ2n) is 5.50. The fraction of sp³-hybridized carbons (Fsp3) is 0.235. The van der Waals surface area contributed by atoms with E-state index in [-0.39, 0.29) is 17.6 Å². The SMILES string of the molecule is O=C(COC(=O)c1ccc[nH]1)Nc1ccccc1C(=O)NC1CC1. The molecule has 124 valence electrons. The van der Waals surface area contributed by atoms with Crippen molar-refractivity contribution < 1.29 is 19.1 Å². The van der Waals surface area contributed by atoms with Crippen LogP contribution < -0.4 is 10.6 Å². The molecule has 0 bridgehead atoms. The van der Waals surface area contributed by atoms with Gasteiger partial charge in [-0.3, -0.25) is 9.59 Å². The summed E-state index contributed by atoms with van der Waals surface area (Å²) in [5, 5.41) is 5.47. The van der Waals surface area contributed by atoms with E-state index in [0.717, 1.165) is 12.8 Å². The molecule has 2 aromatic rings. The first-order chi connectivity index (χ1) is 11.6. The number of aromatic amines is 1. The Hall–Kier alpha value is -3.09. The van der Waals surface area contributed by atoms with Crippen molar-refractivity contribution in [2.45, 2.75) is 18.9 Å². The second kappa shape index (κ2) is 6.99. The van der Waals surface area contributed by atoms with Crippen LogP contribution in [0.1, 0.15) is 33.7 Å². The number of para-hydroxylation sites is 1. The fourth-order valence-corrected chi connectivity index (χ4v) is 2.13. The van der Waals surface area contributed by atoms with E-state index >= 15 is 0 Å². The van der Waals surface area contributed by atoms with Gasteiger partial charge in [0.25, 0.3) is 11.8 Å². The van der Waals surface area contributed by atoms with Gasteiger partial charge in [-0.05, 0) is 37.1 Å². The van der Waals surface area contributed by atoms with Gasteiger partial charge in [0.05, 0.1) is 11.3 Å². The highest BCUT2D eigenvalue weighted by Crippen LogP contribution is 2.21. The molecule has 1 saturated carbocycles. The second-order valence-corrected chi connectivity index (χ2v) is 5.50. The summed E-state index contributed by atoms with van der Waals surface area (Å²) < 4.78 is 4.91. The van der Waals surface area contributed by atoms with Crippen molar-refractivity contribution in [3.05, 3.63) is 53.9 Å². The fourth-order valence-electron chi connectivity index (χ4n) is 2.13. The van der Waals surface area contributed by atoms with Gasteiger partial charge in [0.2, 0.25) is 0 Å². The molecule has 2 amide bonds. The first-order valence-electron chi connectivity index (χ1n) is 7.64. The lowest BCUT2D eigenvalue weighted by Crippen LogP contribution is -2.28. The molecule has 0 radical (unpaired) electrons. The van der Waals surface area contributed by atoms with Gasteiger partial charge in [-0.1, -0.05) is 12.1 Å². The zero-order valence-corrected chi connectivity index (χ0v) is 12.9. The summed E-state index contributed by atoms with van der Waals surface area (Å²) in [6.45, 7) is -0.434. The van der Waals surface area contributed by atoms with E-state index < -0.39 is 18.5 Å². The standard InChI is InChI=1S/C17H17N3O4/c21-15(10-24-17(23)14-6-3-9-18-14)20-13-5-2-1-4-12(13)16(22)19-11-7-8-11/h1-6,9,11,18H,7-8,10H2,(H,19,22)(H,20,21). The zero-order valence-electron chi connectivity index (χ0n) is 12.9. The molecule has 7 heteroatoms. The summed E-state index contributed by atoms with van der Waals surface area (Å²) in [4.78, 5) is 38.5. The van der Waals surface area contributed by atoms with Crippen molar-refractivity contribution in [2.75, 3.05) is 11.9 Å². The number of benzene rings is 1. The van der Waals surface area contributed by atoms with Crippen LogP contribution in [0.15, 0.2) is 42.6 Å². The van der Waals surface area contributed by atoms with Gasteiger partial charge in [-0.25, -0.2) is 4.79 Å². The number of rotatable bonds is 6. The molecule has 0 atom stereocenters. The van der Waals surface area contributed by atoms with E-state index in [2.05, 4.69) is 15.6 Å². The van der Waals surface area contributed by atoms with E-state index in [1.807, 2.05) is 0 Å². The molecule has 1 aliphatic rings. The minimum atomic E-state index is -0.616. The van der Waals surface area contributed by atoms with Crippen molar-refractivity contribution >= 4 is 23.5 Å². The smallest absolute Gasteiger partial charge is 0.355 e. The van der Waals surface area contributed by atoms with Gasteiger partial charge in [-0.15, -0.1) is 0 Å². The molecule has 0 spiro atoms. The number of H-pyrrole nitrogens is 1. The molecule has 7 nitrogen and oxygen atoms in total. The third-order valence-electron chi connectivity index (χ3n) is 3.51. The summed E-state index contributed by atoms with van der Waals surface area (Å²) >= 11 is 0. The number of anilines is 1. The molecule has 1 aliphatic carbocycles. The molecular weight excluding hydrogens is 310 g/mol. The van der Waals surface area contributed by atoms with Crippen molar-refractivity contribution in [3.8, 4) is 0 Å². The molecule has 1 aromatic heterocycles. The van der Waals surface area contributed by atoms with E-state index in [9.17, 15) is 14.4 Å². The van der Waals surface area contributed by atoms with Crippen LogP contribution in [0.3, 0.4) is 0 Å². The Kier molecular flexibility index (Phi) is 4.60. The number of carbonyl (C=O) groups is 3. The number of hydrogen-bond acceptors (Lipinski definition) is 4. The zero-order chi connectivity index (χ0) is 16.9. The lowest BCUT2D eigenvalue weighted by atomic mass is 10.1. The minimum Gasteiger partial charge on any atom is -0.451 e. The summed E-state index contributed by atoms with van der Waals surface area (Å²) in [5.41, 5.74) is 1.04. The first kappa shape index (κ1) is 15.8. The molecule has 3 rings (SSSR count). The van der Waals surface area contributed by atoms with Gasteiger partial charge < -0.3 is 20.4 Å². The molecule has 3 N–H and O–H groups in total. The van der Waals surface area contributed by atoms with Crippen molar-refractivity contribution in [1.29, 1.82) is 0 Å². The average Bonchev–Trinajstić information content (AvgIpc) is 3.22. The quantitative estimate of drug-likeness (QED) is 0.703. The first-order valence-corrected chi connectivity index (χ1v) is 7.64. The Balaban J connectivity index is 1.57. The normalized spacial score (nSPS) is 13.2. The Bertz CT molecular complexity index is 751. The van der Waals surface area contributed by atoms with Crippen LogP contribution in [-0.2, 0) is 9.53 Å². The highest BCUT2D eigenvalue weighted by Gasteiger charge is 2.25. The lowest BCUT2D eigenvalue weighted by Gasteiger charge is -2.11. The maximum absolute atomic E-state index is 12.2. The average molecular weight is 327 g/mol. The monoisotopic (exact) mass is 327 g/mol. The highest BCUT2D eigenvalue weighted by atomic mass is 16.5. The lowest BCUT2D eigenvalue weighted by molar-refractivity contribution is -0.119. The van der Waals surface area contributed by atoms with E-state index in [0.29, 0.717) is 11.3 Å². The molecule has 1 heterocycles. The Morgan fingerprint density at radius 3 is 2.62 bits per heavy atom. The molecular formula is C17H17N3O4. The van der Waals surface area contributed by atoms with Crippen LogP contribution >= 0.6 is 0 Å². The Morgan fingerprint density at radius 1 is 1.12 bits per heavy atom. The van der Waals surface area contributed by atoms with E-state index in [1.165, 1.54) is 0 Å². The number of esters is 1. The predicted molar refractivity (Wildman–Crippen MR) is 86.6 cm³/mol. The van der Waals surface area contributed by atoms with Crippen LogP contribution in [0.5, 0.6) is 0 Å². The molecule has 24 heavy (non-hydrogen) atoms. The number of aromatic nitrogens is 1. The van der Waals surface area contributed by atoms with Gasteiger partial charge in [0.15, 0.2) is 6.61 Å². The number of carbonyl (C=O) groups excluding carboxylic acids is 3. The molecule has 0 aliphatic heterocycles. The summed E-state index contributed by atoms with van der Waals surface area (Å²) in [5.74, 6) is -1.35. The number of ether oxygens (including phenoxy) is 1. The molecule has 0 unspecified atom stereocenters. The van der Waals surface area contributed by atoms with Crippen molar-refractivity contribution in [2.24, 2.45) is 0 Å². The molecule has 1 fully saturated rings. The van der Waals surface area contributed by atoms with Gasteiger partial charge in [-0.2, -0.15) is 0 Å². The van der Waals surface area contributed by atoms with Gasteiger partial charge in [0.1, 0.15) is 5.69 Å². The van der Waals surface area contributed by atoms with Crippen LogP contribution in [0.4, 0.5) is 5.69 Å². The van der Waals surface area contributed by atoms with Gasteiger partial charge in [0, 0.05) is 12.2 Å². The largest absolute Gasteiger partial charge is 0.451 e. The van der Waals surface area contributed by atoms with Gasteiger partial charge >= 0.3 is 5.97 Å². The highest BCUT2D eigenvalue weighted by molar-refractivity contribution is 6.04.